The number of carbonyl (C=O) groups is 2. The molecule has 7 nitrogen and oxygen atoms in total. The van der Waals surface area contributed by atoms with Crippen LogP contribution < -0.4 is 10.6 Å². The highest BCUT2D eigenvalue weighted by Crippen LogP contribution is 2.19. The van der Waals surface area contributed by atoms with Crippen LogP contribution in [0.2, 0.25) is 0 Å². The average molecular weight is 308 g/mol. The Labute approximate surface area is 125 Å². The summed E-state index contributed by atoms with van der Waals surface area (Å²) in [5.41, 5.74) is 1.75. The van der Waals surface area contributed by atoms with Gasteiger partial charge < -0.3 is 20.7 Å². The van der Waals surface area contributed by atoms with Gasteiger partial charge in [-0.2, -0.15) is 0 Å². The number of thiazole rings is 1. The number of urea groups is 1. The largest absolute Gasteiger partial charge is 0.477 e. The van der Waals surface area contributed by atoms with Crippen LogP contribution in [0, 0.1) is 13.8 Å². The number of amides is 2. The number of aryl methyl sites for hydroxylation is 2. The van der Waals surface area contributed by atoms with Crippen LogP contribution in [-0.2, 0) is 0 Å². The first-order valence-corrected chi connectivity index (χ1v) is 7.17. The minimum absolute atomic E-state index is 0.0413. The van der Waals surface area contributed by atoms with Gasteiger partial charge in [-0.15, -0.1) is 11.3 Å². The molecule has 2 aromatic rings. The number of anilines is 1. The van der Waals surface area contributed by atoms with Crippen molar-refractivity contribution in [3.05, 3.63) is 33.5 Å². The van der Waals surface area contributed by atoms with E-state index in [-0.39, 0.29) is 17.4 Å². The minimum Gasteiger partial charge on any atom is -0.477 e. The average Bonchev–Trinajstić information content (AvgIpc) is 2.95. The maximum Gasteiger partial charge on any atom is 0.354 e. The zero-order valence-corrected chi connectivity index (χ0v) is 12.7. The van der Waals surface area contributed by atoms with Crippen molar-refractivity contribution in [1.29, 1.82) is 0 Å². The second-order valence-corrected chi connectivity index (χ2v) is 5.58. The van der Waals surface area contributed by atoms with E-state index in [0.29, 0.717) is 5.69 Å². The van der Waals surface area contributed by atoms with Crippen LogP contribution in [0.4, 0.5) is 10.5 Å². The summed E-state index contributed by atoms with van der Waals surface area (Å²) in [6, 6.07) is 0.843. The van der Waals surface area contributed by atoms with Crippen molar-refractivity contribution in [3.8, 4) is 0 Å². The van der Waals surface area contributed by atoms with E-state index >= 15 is 0 Å². The maximum absolute atomic E-state index is 11.9. The lowest BCUT2D eigenvalue weighted by Gasteiger charge is -2.12. The number of nitrogens with zero attached hydrogens (tertiary/aromatic N) is 1. The number of nitrogens with one attached hydrogen (secondary N) is 3. The van der Waals surface area contributed by atoms with Gasteiger partial charge in [0.2, 0.25) is 0 Å². The second-order valence-electron chi connectivity index (χ2n) is 4.69. The molecule has 8 heteroatoms. The fourth-order valence-electron chi connectivity index (χ4n) is 1.84. The first-order valence-electron chi connectivity index (χ1n) is 6.29. The molecule has 0 aliphatic heterocycles. The topological polar surface area (TPSA) is 107 Å². The van der Waals surface area contributed by atoms with Crippen LogP contribution in [0.15, 0.2) is 11.4 Å². The highest BCUT2D eigenvalue weighted by atomic mass is 32.1. The number of carbonyl (C=O) groups excluding carboxylic acids is 1. The van der Waals surface area contributed by atoms with Gasteiger partial charge in [0, 0.05) is 16.8 Å². The molecule has 2 aromatic heterocycles. The third-order valence-corrected chi connectivity index (χ3v) is 3.91. The number of rotatable bonds is 4. The smallest absolute Gasteiger partial charge is 0.354 e. The lowest BCUT2D eigenvalue weighted by molar-refractivity contribution is 0.0692. The Morgan fingerprint density at radius 3 is 2.71 bits per heavy atom. The van der Waals surface area contributed by atoms with Crippen molar-refractivity contribution in [2.24, 2.45) is 0 Å². The molecule has 0 saturated carbocycles. The standard InChI is InChI=1S/C13H16N4O3S/c1-6-4-9(10(14-6)12(18)19)17-13(20)16-8(3)11-15-7(2)5-21-11/h4-5,8,14H,1-3H3,(H,18,19)(H2,16,17,20). The van der Waals surface area contributed by atoms with Crippen LogP contribution >= 0.6 is 11.3 Å². The summed E-state index contributed by atoms with van der Waals surface area (Å²) in [6.07, 6.45) is 0. The van der Waals surface area contributed by atoms with Gasteiger partial charge in [-0.05, 0) is 26.8 Å². The lowest BCUT2D eigenvalue weighted by Crippen LogP contribution is -2.31. The third kappa shape index (κ3) is 3.60. The monoisotopic (exact) mass is 308 g/mol. The molecule has 0 radical (unpaired) electrons. The molecule has 0 saturated heterocycles. The minimum atomic E-state index is -1.12. The predicted octanol–water partition coefficient (Wildman–Crippen LogP) is 2.67. The zero-order valence-electron chi connectivity index (χ0n) is 11.9. The van der Waals surface area contributed by atoms with Crippen LogP contribution in [0.3, 0.4) is 0 Å². The number of aromatic carboxylic acids is 1. The first-order chi connectivity index (χ1) is 9.86. The van der Waals surface area contributed by atoms with Crippen molar-refractivity contribution in [2.45, 2.75) is 26.8 Å². The van der Waals surface area contributed by atoms with E-state index in [1.165, 1.54) is 11.3 Å². The van der Waals surface area contributed by atoms with Crippen LogP contribution in [0.5, 0.6) is 0 Å². The van der Waals surface area contributed by atoms with Crippen LogP contribution in [-0.4, -0.2) is 27.1 Å². The summed E-state index contributed by atoms with van der Waals surface area (Å²) >= 11 is 1.46. The number of carboxylic acids is 1. The van der Waals surface area contributed by atoms with Crippen molar-refractivity contribution < 1.29 is 14.7 Å². The molecule has 0 aliphatic rings. The van der Waals surface area contributed by atoms with Crippen molar-refractivity contribution in [2.75, 3.05) is 5.32 Å². The van der Waals surface area contributed by atoms with E-state index in [1.54, 1.807) is 13.0 Å². The predicted molar refractivity (Wildman–Crippen MR) is 79.9 cm³/mol. The SMILES string of the molecule is Cc1csc(C(C)NC(=O)Nc2cc(C)[nH]c2C(=O)O)n1. The summed E-state index contributed by atoms with van der Waals surface area (Å²) in [6.45, 7) is 5.42. The van der Waals surface area contributed by atoms with Gasteiger partial charge >= 0.3 is 12.0 Å². The van der Waals surface area contributed by atoms with Gasteiger partial charge in [0.1, 0.15) is 10.7 Å². The second kappa shape index (κ2) is 5.96. The van der Waals surface area contributed by atoms with E-state index in [1.807, 2.05) is 19.2 Å². The molecule has 1 atom stereocenters. The van der Waals surface area contributed by atoms with Gasteiger partial charge in [0.25, 0.3) is 0 Å². The number of hydrogen-bond donors (Lipinski definition) is 4. The summed E-state index contributed by atoms with van der Waals surface area (Å²) in [5, 5.41) is 17.0. The summed E-state index contributed by atoms with van der Waals surface area (Å²) in [4.78, 5) is 30.0. The van der Waals surface area contributed by atoms with E-state index in [0.717, 1.165) is 10.7 Å². The Hall–Kier alpha value is -2.35. The number of carboxylic acid groups (broad SMARTS) is 1. The number of aromatic nitrogens is 2. The molecule has 0 spiro atoms. The molecule has 2 amide bonds. The summed E-state index contributed by atoms with van der Waals surface area (Å²) in [5.74, 6) is -1.12. The summed E-state index contributed by atoms with van der Waals surface area (Å²) in [7, 11) is 0. The van der Waals surface area contributed by atoms with Crippen LogP contribution in [0.1, 0.15) is 39.8 Å². The summed E-state index contributed by atoms with van der Waals surface area (Å²) < 4.78 is 0. The molecule has 2 heterocycles. The lowest BCUT2D eigenvalue weighted by atomic mass is 10.3. The molecule has 0 fully saturated rings. The number of aromatic amines is 1. The molecule has 1 unspecified atom stereocenters. The molecular formula is C13H16N4O3S. The maximum atomic E-state index is 11.9. The molecule has 21 heavy (non-hydrogen) atoms. The third-order valence-electron chi connectivity index (χ3n) is 2.77. The molecule has 0 bridgehead atoms. The highest BCUT2D eigenvalue weighted by Gasteiger charge is 2.17. The van der Waals surface area contributed by atoms with Crippen LogP contribution in [0.25, 0.3) is 0 Å². The highest BCUT2D eigenvalue weighted by molar-refractivity contribution is 7.09. The first kappa shape index (κ1) is 15.0. The van der Waals surface area contributed by atoms with Gasteiger partial charge in [0.05, 0.1) is 11.7 Å². The normalized spacial score (nSPS) is 12.0. The van der Waals surface area contributed by atoms with Gasteiger partial charge in [-0.1, -0.05) is 0 Å². The Bertz CT molecular complexity index is 677. The Kier molecular flexibility index (Phi) is 4.27. The van der Waals surface area contributed by atoms with Gasteiger partial charge in [0.15, 0.2) is 0 Å². The zero-order chi connectivity index (χ0) is 15.6. The van der Waals surface area contributed by atoms with Crippen molar-refractivity contribution in [1.82, 2.24) is 15.3 Å². The fourth-order valence-corrected chi connectivity index (χ4v) is 2.65. The van der Waals surface area contributed by atoms with Gasteiger partial charge in [-0.3, -0.25) is 0 Å². The Morgan fingerprint density at radius 1 is 1.43 bits per heavy atom. The molecular weight excluding hydrogens is 292 g/mol. The quantitative estimate of drug-likeness (QED) is 0.696. The van der Waals surface area contributed by atoms with Crippen molar-refractivity contribution in [3.63, 3.8) is 0 Å². The van der Waals surface area contributed by atoms with E-state index in [4.69, 9.17) is 5.11 Å². The number of H-pyrrole nitrogens is 1. The Morgan fingerprint density at radius 2 is 2.14 bits per heavy atom. The number of hydrogen-bond acceptors (Lipinski definition) is 4. The molecule has 2 rings (SSSR count). The fraction of sp³-hybridized carbons (Fsp3) is 0.308. The molecule has 0 aliphatic carbocycles. The van der Waals surface area contributed by atoms with E-state index < -0.39 is 12.0 Å². The Balaban J connectivity index is 2.03. The van der Waals surface area contributed by atoms with Crippen molar-refractivity contribution >= 4 is 29.0 Å². The van der Waals surface area contributed by atoms with E-state index in [2.05, 4.69) is 20.6 Å². The van der Waals surface area contributed by atoms with Gasteiger partial charge in [-0.25, -0.2) is 14.6 Å². The molecule has 4 N–H and O–H groups in total. The molecule has 0 aromatic carbocycles. The van der Waals surface area contributed by atoms with E-state index in [9.17, 15) is 9.59 Å². The molecule has 112 valence electrons.